The summed E-state index contributed by atoms with van der Waals surface area (Å²) in [7, 11) is 0. The first-order valence-corrected chi connectivity index (χ1v) is 11.7. The van der Waals surface area contributed by atoms with Crippen LogP contribution in [0.15, 0.2) is 66.7 Å². The molecular formula is C27H32N4O3. The molecule has 1 aliphatic rings. The monoisotopic (exact) mass is 460 g/mol. The second-order valence-corrected chi connectivity index (χ2v) is 9.56. The van der Waals surface area contributed by atoms with Crippen LogP contribution in [-0.4, -0.2) is 59.7 Å². The fourth-order valence-electron chi connectivity index (χ4n) is 4.11. The van der Waals surface area contributed by atoms with Gasteiger partial charge in [-0.05, 0) is 44.5 Å². The highest BCUT2D eigenvalue weighted by molar-refractivity contribution is 5.86. The SMILES string of the molecule is CC(C)(C)OC(=O)NC(Cc1ccccc1)C(=O)N1CCN(c2ccc3ccccc3n2)CC1. The molecule has 2 aromatic carbocycles. The maximum absolute atomic E-state index is 13.4. The van der Waals surface area contributed by atoms with Crippen molar-refractivity contribution in [1.82, 2.24) is 15.2 Å². The molecule has 1 unspecified atom stereocenters. The van der Waals surface area contributed by atoms with Crippen molar-refractivity contribution in [1.29, 1.82) is 0 Å². The summed E-state index contributed by atoms with van der Waals surface area (Å²) < 4.78 is 5.42. The van der Waals surface area contributed by atoms with Crippen molar-refractivity contribution < 1.29 is 14.3 Å². The van der Waals surface area contributed by atoms with E-state index < -0.39 is 17.7 Å². The standard InChI is InChI=1S/C27H32N4O3/c1-27(2,3)34-26(33)29-23(19-20-9-5-4-6-10-20)25(32)31-17-15-30(16-18-31)24-14-13-21-11-7-8-12-22(21)28-24/h4-14,23H,15-19H2,1-3H3,(H,29,33). The number of amides is 2. The predicted octanol–water partition coefficient (Wildman–Crippen LogP) is 4.02. The Hall–Kier alpha value is -3.61. The number of anilines is 1. The van der Waals surface area contributed by atoms with Crippen molar-refractivity contribution in [2.75, 3.05) is 31.1 Å². The van der Waals surface area contributed by atoms with E-state index in [0.29, 0.717) is 32.6 Å². The molecule has 1 saturated heterocycles. The number of carbonyl (C=O) groups is 2. The maximum Gasteiger partial charge on any atom is 0.408 e. The molecule has 1 atom stereocenters. The number of para-hydroxylation sites is 1. The Balaban J connectivity index is 1.43. The number of ether oxygens (including phenoxy) is 1. The number of nitrogens with one attached hydrogen (secondary N) is 1. The Kier molecular flexibility index (Phi) is 7.01. The van der Waals surface area contributed by atoms with Crippen LogP contribution >= 0.6 is 0 Å². The smallest absolute Gasteiger partial charge is 0.408 e. The van der Waals surface area contributed by atoms with Gasteiger partial charge in [-0.3, -0.25) is 4.79 Å². The summed E-state index contributed by atoms with van der Waals surface area (Å²) in [5.41, 5.74) is 1.31. The third-order valence-corrected chi connectivity index (χ3v) is 5.77. The van der Waals surface area contributed by atoms with Gasteiger partial charge in [0.15, 0.2) is 0 Å². The molecule has 2 heterocycles. The Morgan fingerprint density at radius 3 is 2.32 bits per heavy atom. The van der Waals surface area contributed by atoms with Gasteiger partial charge in [-0.1, -0.05) is 48.5 Å². The number of hydrogen-bond donors (Lipinski definition) is 1. The zero-order valence-electron chi connectivity index (χ0n) is 20.0. The zero-order valence-corrected chi connectivity index (χ0v) is 20.0. The van der Waals surface area contributed by atoms with Crippen LogP contribution in [0.2, 0.25) is 0 Å². The highest BCUT2D eigenvalue weighted by Gasteiger charge is 2.30. The number of benzene rings is 2. The molecule has 34 heavy (non-hydrogen) atoms. The topological polar surface area (TPSA) is 74.8 Å². The molecule has 0 aliphatic carbocycles. The molecule has 1 N–H and O–H groups in total. The van der Waals surface area contributed by atoms with Crippen LogP contribution in [0.25, 0.3) is 10.9 Å². The minimum Gasteiger partial charge on any atom is -0.444 e. The van der Waals surface area contributed by atoms with Crippen molar-refractivity contribution in [3.63, 3.8) is 0 Å². The van der Waals surface area contributed by atoms with Gasteiger partial charge in [-0.2, -0.15) is 0 Å². The fraction of sp³-hybridized carbons (Fsp3) is 0.370. The van der Waals surface area contributed by atoms with Crippen molar-refractivity contribution in [2.45, 2.75) is 38.8 Å². The molecule has 0 saturated carbocycles. The molecule has 4 rings (SSSR count). The third kappa shape index (κ3) is 6.04. The van der Waals surface area contributed by atoms with Crippen LogP contribution in [-0.2, 0) is 16.0 Å². The molecule has 7 heteroatoms. The molecule has 0 bridgehead atoms. The predicted molar refractivity (Wildman–Crippen MR) is 134 cm³/mol. The van der Waals surface area contributed by atoms with E-state index in [1.54, 1.807) is 20.8 Å². The Bertz CT molecular complexity index is 1140. The summed E-state index contributed by atoms with van der Waals surface area (Å²) in [5.74, 6) is 0.819. The van der Waals surface area contributed by atoms with E-state index in [0.717, 1.165) is 22.3 Å². The Labute approximate surface area is 200 Å². The molecule has 0 radical (unpaired) electrons. The van der Waals surface area contributed by atoms with E-state index >= 15 is 0 Å². The van der Waals surface area contributed by atoms with Gasteiger partial charge in [0.2, 0.25) is 5.91 Å². The summed E-state index contributed by atoms with van der Waals surface area (Å²) in [6.07, 6.45) is -0.175. The lowest BCUT2D eigenvalue weighted by Gasteiger charge is -2.37. The van der Waals surface area contributed by atoms with E-state index in [1.807, 2.05) is 65.6 Å². The largest absolute Gasteiger partial charge is 0.444 e. The van der Waals surface area contributed by atoms with Gasteiger partial charge >= 0.3 is 6.09 Å². The second-order valence-electron chi connectivity index (χ2n) is 9.56. The lowest BCUT2D eigenvalue weighted by atomic mass is 10.0. The highest BCUT2D eigenvalue weighted by Crippen LogP contribution is 2.20. The average Bonchev–Trinajstić information content (AvgIpc) is 2.82. The first-order valence-electron chi connectivity index (χ1n) is 11.7. The van der Waals surface area contributed by atoms with E-state index in [2.05, 4.69) is 16.3 Å². The minimum atomic E-state index is -0.692. The van der Waals surface area contributed by atoms with Gasteiger partial charge in [-0.15, -0.1) is 0 Å². The Morgan fingerprint density at radius 1 is 0.941 bits per heavy atom. The Morgan fingerprint density at radius 2 is 1.62 bits per heavy atom. The maximum atomic E-state index is 13.4. The first-order chi connectivity index (χ1) is 16.3. The van der Waals surface area contributed by atoms with Crippen LogP contribution in [0.1, 0.15) is 26.3 Å². The van der Waals surface area contributed by atoms with Crippen molar-refractivity contribution in [3.05, 3.63) is 72.3 Å². The van der Waals surface area contributed by atoms with Gasteiger partial charge in [-0.25, -0.2) is 9.78 Å². The molecule has 1 aliphatic heterocycles. The molecule has 7 nitrogen and oxygen atoms in total. The number of carbonyl (C=O) groups excluding carboxylic acids is 2. The summed E-state index contributed by atoms with van der Waals surface area (Å²) in [5, 5.41) is 3.91. The third-order valence-electron chi connectivity index (χ3n) is 5.77. The van der Waals surface area contributed by atoms with Gasteiger partial charge in [0.25, 0.3) is 0 Å². The number of hydrogen-bond acceptors (Lipinski definition) is 5. The minimum absolute atomic E-state index is 0.0965. The second kappa shape index (κ2) is 10.1. The fourth-order valence-corrected chi connectivity index (χ4v) is 4.11. The molecule has 0 spiro atoms. The zero-order chi connectivity index (χ0) is 24.1. The molecular weight excluding hydrogens is 428 g/mol. The highest BCUT2D eigenvalue weighted by atomic mass is 16.6. The molecule has 2 amide bonds. The van der Waals surface area contributed by atoms with Gasteiger partial charge in [0.05, 0.1) is 5.52 Å². The van der Waals surface area contributed by atoms with Gasteiger partial charge in [0, 0.05) is 38.0 Å². The van der Waals surface area contributed by atoms with E-state index in [4.69, 9.17) is 9.72 Å². The molecule has 178 valence electrons. The average molecular weight is 461 g/mol. The van der Waals surface area contributed by atoms with Crippen molar-refractivity contribution in [3.8, 4) is 0 Å². The van der Waals surface area contributed by atoms with E-state index in [-0.39, 0.29) is 5.91 Å². The van der Waals surface area contributed by atoms with Gasteiger partial charge < -0.3 is 19.9 Å². The molecule has 1 aromatic heterocycles. The quantitative estimate of drug-likeness (QED) is 0.623. The summed E-state index contributed by atoms with van der Waals surface area (Å²) in [4.78, 5) is 34.7. The number of nitrogens with zero attached hydrogens (tertiary/aromatic N) is 3. The molecule has 1 fully saturated rings. The van der Waals surface area contributed by atoms with Gasteiger partial charge in [0.1, 0.15) is 17.5 Å². The molecule has 3 aromatic rings. The number of rotatable bonds is 5. The normalized spacial score (nSPS) is 15.1. The lowest BCUT2D eigenvalue weighted by Crippen LogP contribution is -2.56. The van der Waals surface area contributed by atoms with Crippen LogP contribution in [0, 0.1) is 0 Å². The number of alkyl carbamates (subject to hydrolysis) is 1. The first kappa shape index (κ1) is 23.5. The van der Waals surface area contributed by atoms with Crippen LogP contribution in [0.5, 0.6) is 0 Å². The lowest BCUT2D eigenvalue weighted by molar-refractivity contribution is -0.133. The summed E-state index contributed by atoms with van der Waals surface area (Å²) in [6.45, 7) is 7.91. The van der Waals surface area contributed by atoms with Crippen LogP contribution < -0.4 is 10.2 Å². The van der Waals surface area contributed by atoms with Crippen molar-refractivity contribution >= 4 is 28.7 Å². The number of piperazine rings is 1. The van der Waals surface area contributed by atoms with Crippen LogP contribution in [0.3, 0.4) is 0 Å². The summed E-state index contributed by atoms with van der Waals surface area (Å²) in [6, 6.07) is 21.2. The summed E-state index contributed by atoms with van der Waals surface area (Å²) >= 11 is 0. The van der Waals surface area contributed by atoms with E-state index in [1.165, 1.54) is 0 Å². The van der Waals surface area contributed by atoms with E-state index in [9.17, 15) is 9.59 Å². The number of aromatic nitrogens is 1. The van der Waals surface area contributed by atoms with Crippen molar-refractivity contribution in [2.24, 2.45) is 0 Å². The van der Waals surface area contributed by atoms with Crippen LogP contribution in [0.4, 0.5) is 10.6 Å². The number of pyridine rings is 1. The number of fused-ring (bicyclic) bond motifs is 1.